The van der Waals surface area contributed by atoms with Crippen LogP contribution in [0.25, 0.3) is 0 Å². The van der Waals surface area contributed by atoms with Gasteiger partial charge in [-0.1, -0.05) is 55.2 Å². The molecule has 10 nitrogen and oxygen atoms in total. The van der Waals surface area contributed by atoms with Gasteiger partial charge in [-0.25, -0.2) is 8.42 Å². The van der Waals surface area contributed by atoms with Gasteiger partial charge < -0.3 is 24.4 Å². The molecule has 0 saturated heterocycles. The van der Waals surface area contributed by atoms with E-state index in [1.807, 2.05) is 13.8 Å². The van der Waals surface area contributed by atoms with Crippen LogP contribution >= 0.6 is 23.2 Å². The average molecular weight is 681 g/mol. The zero-order valence-corrected chi connectivity index (χ0v) is 28.5. The van der Waals surface area contributed by atoms with E-state index in [4.69, 9.17) is 37.4 Å². The number of rotatable bonds is 15. The summed E-state index contributed by atoms with van der Waals surface area (Å²) in [5, 5.41) is 3.57. The van der Waals surface area contributed by atoms with Crippen molar-refractivity contribution in [2.24, 2.45) is 0 Å². The number of anilines is 1. The van der Waals surface area contributed by atoms with Crippen molar-refractivity contribution in [2.45, 2.75) is 57.1 Å². The third kappa shape index (κ3) is 8.53. The first-order valence-corrected chi connectivity index (χ1v) is 16.5. The maximum absolute atomic E-state index is 14.4. The van der Waals surface area contributed by atoms with E-state index in [0.717, 1.165) is 4.31 Å². The zero-order valence-electron chi connectivity index (χ0n) is 26.2. The molecule has 0 saturated carbocycles. The van der Waals surface area contributed by atoms with Crippen LogP contribution in [0.15, 0.2) is 65.6 Å². The van der Waals surface area contributed by atoms with Crippen LogP contribution in [0.5, 0.6) is 17.2 Å². The predicted octanol–water partition coefficient (Wildman–Crippen LogP) is 5.94. The number of methoxy groups -OCH3 is 3. The van der Waals surface area contributed by atoms with Crippen LogP contribution in [-0.4, -0.2) is 65.1 Å². The molecule has 3 aromatic carbocycles. The van der Waals surface area contributed by atoms with E-state index in [-0.39, 0.29) is 52.0 Å². The molecule has 0 spiro atoms. The number of halogens is 2. The smallest absolute Gasteiger partial charge is 0.265 e. The first kappa shape index (κ1) is 35.8. The Bertz CT molecular complexity index is 1600. The fourth-order valence-electron chi connectivity index (χ4n) is 4.65. The molecule has 0 unspecified atom stereocenters. The molecule has 0 fully saturated rings. The summed E-state index contributed by atoms with van der Waals surface area (Å²) in [5.74, 6) is -0.344. The van der Waals surface area contributed by atoms with Gasteiger partial charge in [0, 0.05) is 28.7 Å². The summed E-state index contributed by atoms with van der Waals surface area (Å²) in [6.07, 6.45) is 0.952. The Morgan fingerprint density at radius 3 is 2.11 bits per heavy atom. The number of carbonyl (C=O) groups is 2. The van der Waals surface area contributed by atoms with Gasteiger partial charge >= 0.3 is 0 Å². The summed E-state index contributed by atoms with van der Waals surface area (Å²) < 4.78 is 45.8. The van der Waals surface area contributed by atoms with Crippen molar-refractivity contribution in [2.75, 3.05) is 32.2 Å². The van der Waals surface area contributed by atoms with Crippen LogP contribution in [0.4, 0.5) is 5.69 Å². The Balaban J connectivity index is 2.19. The molecule has 45 heavy (non-hydrogen) atoms. The number of hydrogen-bond acceptors (Lipinski definition) is 7. The topological polar surface area (TPSA) is 114 Å². The second-order valence-corrected chi connectivity index (χ2v) is 12.9. The summed E-state index contributed by atoms with van der Waals surface area (Å²) in [4.78, 5) is 29.0. The van der Waals surface area contributed by atoms with Crippen molar-refractivity contribution >= 4 is 50.7 Å². The van der Waals surface area contributed by atoms with Crippen LogP contribution in [0.1, 0.15) is 39.2 Å². The number of hydrogen-bond donors (Lipinski definition) is 1. The summed E-state index contributed by atoms with van der Waals surface area (Å²) in [7, 11) is -0.261. The molecule has 0 radical (unpaired) electrons. The lowest BCUT2D eigenvalue weighted by atomic mass is 10.1. The van der Waals surface area contributed by atoms with E-state index in [9.17, 15) is 18.0 Å². The number of sulfonamides is 1. The molecular formula is C32H39Cl2N3O7S. The van der Waals surface area contributed by atoms with Crippen LogP contribution in [0, 0.1) is 0 Å². The van der Waals surface area contributed by atoms with Gasteiger partial charge in [0.15, 0.2) is 11.5 Å². The molecule has 2 atom stereocenters. The average Bonchev–Trinajstić information content (AvgIpc) is 3.03. The molecule has 3 aromatic rings. The summed E-state index contributed by atoms with van der Waals surface area (Å²) in [6, 6.07) is 14.5. The van der Waals surface area contributed by atoms with Crippen molar-refractivity contribution in [1.29, 1.82) is 0 Å². The molecule has 244 valence electrons. The van der Waals surface area contributed by atoms with E-state index >= 15 is 0 Å². The third-order valence-electron chi connectivity index (χ3n) is 7.32. The molecule has 0 aliphatic heterocycles. The highest BCUT2D eigenvalue weighted by Crippen LogP contribution is 2.37. The Kier molecular flexibility index (Phi) is 12.8. The van der Waals surface area contributed by atoms with Crippen molar-refractivity contribution in [3.8, 4) is 17.2 Å². The number of ether oxygens (including phenoxy) is 3. The molecule has 1 N–H and O–H groups in total. The van der Waals surface area contributed by atoms with Crippen LogP contribution in [-0.2, 0) is 26.2 Å². The number of nitrogens with zero attached hydrogens (tertiary/aromatic N) is 2. The van der Waals surface area contributed by atoms with Crippen molar-refractivity contribution in [3.05, 3.63) is 76.3 Å². The van der Waals surface area contributed by atoms with E-state index in [1.165, 1.54) is 56.6 Å². The number of carbonyl (C=O) groups excluding carboxylic acids is 2. The van der Waals surface area contributed by atoms with Gasteiger partial charge in [0.05, 0.1) is 31.9 Å². The highest BCUT2D eigenvalue weighted by Gasteiger charge is 2.35. The monoisotopic (exact) mass is 679 g/mol. The van der Waals surface area contributed by atoms with E-state index in [2.05, 4.69) is 5.32 Å². The van der Waals surface area contributed by atoms with Gasteiger partial charge in [-0.2, -0.15) is 0 Å². The summed E-state index contributed by atoms with van der Waals surface area (Å²) in [5.41, 5.74) is 0.625. The van der Waals surface area contributed by atoms with Gasteiger partial charge in [0.2, 0.25) is 11.8 Å². The standard InChI is InChI=1S/C32H39Cl2N3O7S/c1-7-21(3)35-32(39)26(8-2)36(19-22-11-9-10-12-25(22)34)31(38)20-37(27-17-23(33)13-15-28(27)42-4)45(40,41)24-14-16-29(43-5)30(18-24)44-6/h9-18,21,26H,7-8,19-20H2,1-6H3,(H,35,39)/t21-,26-/m1/s1. The molecule has 0 bridgehead atoms. The van der Waals surface area contributed by atoms with Gasteiger partial charge in [-0.15, -0.1) is 0 Å². The van der Waals surface area contributed by atoms with Crippen LogP contribution < -0.4 is 23.8 Å². The Morgan fingerprint density at radius 1 is 0.867 bits per heavy atom. The van der Waals surface area contributed by atoms with Gasteiger partial charge in [0.1, 0.15) is 18.3 Å². The van der Waals surface area contributed by atoms with E-state index in [0.29, 0.717) is 22.8 Å². The lowest BCUT2D eigenvalue weighted by Gasteiger charge is -2.34. The normalized spacial score (nSPS) is 12.5. The summed E-state index contributed by atoms with van der Waals surface area (Å²) in [6.45, 7) is 4.86. The predicted molar refractivity (Wildman–Crippen MR) is 176 cm³/mol. The quantitative estimate of drug-likeness (QED) is 0.212. The minimum absolute atomic E-state index is 0.0305. The Morgan fingerprint density at radius 2 is 1.51 bits per heavy atom. The maximum Gasteiger partial charge on any atom is 0.265 e. The van der Waals surface area contributed by atoms with E-state index in [1.54, 1.807) is 37.3 Å². The molecule has 0 aliphatic carbocycles. The third-order valence-corrected chi connectivity index (χ3v) is 9.68. The van der Waals surface area contributed by atoms with Gasteiger partial charge in [0.25, 0.3) is 10.0 Å². The highest BCUT2D eigenvalue weighted by atomic mass is 35.5. The molecule has 2 amide bonds. The van der Waals surface area contributed by atoms with Gasteiger partial charge in [-0.05, 0) is 61.7 Å². The van der Waals surface area contributed by atoms with Crippen LogP contribution in [0.2, 0.25) is 10.0 Å². The maximum atomic E-state index is 14.4. The largest absolute Gasteiger partial charge is 0.495 e. The minimum Gasteiger partial charge on any atom is -0.495 e. The molecule has 0 aliphatic rings. The Hall–Kier alpha value is -3.67. The van der Waals surface area contributed by atoms with Crippen molar-refractivity contribution in [1.82, 2.24) is 10.2 Å². The minimum atomic E-state index is -4.46. The second kappa shape index (κ2) is 16.1. The second-order valence-electron chi connectivity index (χ2n) is 10.2. The zero-order chi connectivity index (χ0) is 33.3. The lowest BCUT2D eigenvalue weighted by Crippen LogP contribution is -2.53. The number of benzene rings is 3. The molecule has 3 rings (SSSR count). The first-order chi connectivity index (χ1) is 21.4. The number of nitrogens with one attached hydrogen (secondary N) is 1. The highest BCUT2D eigenvalue weighted by molar-refractivity contribution is 7.92. The van der Waals surface area contributed by atoms with Gasteiger partial charge in [-0.3, -0.25) is 13.9 Å². The molecule has 0 heterocycles. The van der Waals surface area contributed by atoms with E-state index < -0.39 is 28.5 Å². The molecule has 13 heteroatoms. The molecule has 0 aromatic heterocycles. The first-order valence-electron chi connectivity index (χ1n) is 14.3. The lowest BCUT2D eigenvalue weighted by molar-refractivity contribution is -0.140. The summed E-state index contributed by atoms with van der Waals surface area (Å²) >= 11 is 12.8. The van der Waals surface area contributed by atoms with Crippen molar-refractivity contribution < 1.29 is 32.2 Å². The molecular weight excluding hydrogens is 641 g/mol. The number of amides is 2. The fourth-order valence-corrected chi connectivity index (χ4v) is 6.44. The van der Waals surface area contributed by atoms with Crippen molar-refractivity contribution in [3.63, 3.8) is 0 Å². The Labute approximate surface area is 275 Å². The fraction of sp³-hybridized carbons (Fsp3) is 0.375. The SMILES string of the molecule is CC[C@@H](C)NC(=O)[C@@H](CC)N(Cc1ccccc1Cl)C(=O)CN(c1cc(Cl)ccc1OC)S(=O)(=O)c1ccc(OC)c(OC)c1. The van der Waals surface area contributed by atoms with Crippen LogP contribution in [0.3, 0.4) is 0 Å².